The monoisotopic (exact) mass is 229 g/mol. The molecule has 0 aromatic heterocycles. The molecule has 16 heavy (non-hydrogen) atoms. The molecule has 4 nitrogen and oxygen atoms in total. The number of nitrogens with one attached hydrogen (secondary N) is 1. The van der Waals surface area contributed by atoms with Crippen LogP contribution in [0.15, 0.2) is 0 Å². The van der Waals surface area contributed by atoms with Crippen LogP contribution in [0.2, 0.25) is 0 Å². The summed E-state index contributed by atoms with van der Waals surface area (Å²) in [4.78, 5) is 5.00. The maximum atomic E-state index is 5.19. The van der Waals surface area contributed by atoms with Crippen LogP contribution in [0.4, 0.5) is 0 Å². The minimum atomic E-state index is 0.750. The summed E-state index contributed by atoms with van der Waals surface area (Å²) in [6.07, 6.45) is 2.59. The summed E-state index contributed by atoms with van der Waals surface area (Å²) in [6, 6.07) is 0.750. The Labute approximate surface area is 99.9 Å². The Bertz CT molecular complexity index is 162. The van der Waals surface area contributed by atoms with Gasteiger partial charge in [0, 0.05) is 32.8 Å². The van der Waals surface area contributed by atoms with Crippen molar-refractivity contribution >= 4 is 0 Å². The molecule has 0 saturated carbocycles. The van der Waals surface area contributed by atoms with Gasteiger partial charge in [0.05, 0.1) is 6.61 Å². The Morgan fingerprint density at radius 3 is 2.56 bits per heavy atom. The average molecular weight is 229 g/mol. The van der Waals surface area contributed by atoms with Gasteiger partial charge >= 0.3 is 0 Å². The van der Waals surface area contributed by atoms with Crippen LogP contribution >= 0.6 is 0 Å². The topological polar surface area (TPSA) is 27.7 Å². The van der Waals surface area contributed by atoms with Crippen molar-refractivity contribution < 1.29 is 4.74 Å². The number of hydrogen-bond donors (Lipinski definition) is 1. The number of rotatable bonds is 7. The van der Waals surface area contributed by atoms with Crippen molar-refractivity contribution in [3.63, 3.8) is 0 Å². The van der Waals surface area contributed by atoms with Crippen LogP contribution in [0.1, 0.15) is 12.8 Å². The zero-order valence-electron chi connectivity index (χ0n) is 11.0. The molecule has 1 aliphatic rings. The van der Waals surface area contributed by atoms with Crippen LogP contribution in [-0.2, 0) is 4.74 Å². The van der Waals surface area contributed by atoms with Crippen LogP contribution in [0.3, 0.4) is 0 Å². The summed E-state index contributed by atoms with van der Waals surface area (Å²) in [5.41, 5.74) is 0. The van der Waals surface area contributed by atoms with E-state index in [0.717, 1.165) is 32.3 Å². The van der Waals surface area contributed by atoms with Gasteiger partial charge in [0.15, 0.2) is 0 Å². The summed E-state index contributed by atoms with van der Waals surface area (Å²) in [7, 11) is 6.01. The smallest absolute Gasteiger partial charge is 0.0589 e. The van der Waals surface area contributed by atoms with E-state index in [2.05, 4.69) is 22.2 Å². The van der Waals surface area contributed by atoms with Gasteiger partial charge in [-0.05, 0) is 40.0 Å². The van der Waals surface area contributed by atoms with Gasteiger partial charge in [-0.3, -0.25) is 4.90 Å². The molecule has 1 aliphatic heterocycles. The third-order valence-corrected chi connectivity index (χ3v) is 3.44. The van der Waals surface area contributed by atoms with Crippen LogP contribution < -0.4 is 5.32 Å². The lowest BCUT2D eigenvalue weighted by molar-refractivity contribution is 0.0866. The maximum Gasteiger partial charge on any atom is 0.0589 e. The van der Waals surface area contributed by atoms with E-state index in [0.29, 0.717) is 0 Å². The fraction of sp³-hybridized carbons (Fsp3) is 1.00. The molecule has 0 aromatic carbocycles. The van der Waals surface area contributed by atoms with Gasteiger partial charge in [-0.25, -0.2) is 0 Å². The van der Waals surface area contributed by atoms with Gasteiger partial charge < -0.3 is 15.0 Å². The highest BCUT2D eigenvalue weighted by atomic mass is 16.5. The van der Waals surface area contributed by atoms with Crippen molar-refractivity contribution in [3.05, 3.63) is 0 Å². The summed E-state index contributed by atoms with van der Waals surface area (Å²) >= 11 is 0. The van der Waals surface area contributed by atoms with Crippen molar-refractivity contribution in [2.24, 2.45) is 0 Å². The van der Waals surface area contributed by atoms with Crippen molar-refractivity contribution in [2.75, 3.05) is 60.5 Å². The van der Waals surface area contributed by atoms with Crippen molar-refractivity contribution in [1.82, 2.24) is 15.1 Å². The van der Waals surface area contributed by atoms with Gasteiger partial charge in [0.2, 0.25) is 0 Å². The van der Waals surface area contributed by atoms with E-state index in [9.17, 15) is 0 Å². The predicted octanol–water partition coefficient (Wildman–Crippen LogP) is 0.248. The molecule has 0 unspecified atom stereocenters. The van der Waals surface area contributed by atoms with E-state index in [-0.39, 0.29) is 0 Å². The zero-order valence-corrected chi connectivity index (χ0v) is 11.0. The first-order chi connectivity index (χ1) is 7.77. The molecule has 0 radical (unpaired) electrons. The molecular formula is C12H27N3O. The first-order valence-electron chi connectivity index (χ1n) is 6.34. The lowest BCUT2D eigenvalue weighted by Crippen LogP contribution is -2.46. The third kappa shape index (κ3) is 4.78. The van der Waals surface area contributed by atoms with E-state index < -0.39 is 0 Å². The minimum Gasteiger partial charge on any atom is -0.383 e. The van der Waals surface area contributed by atoms with Crippen molar-refractivity contribution in [1.29, 1.82) is 0 Å². The predicted molar refractivity (Wildman–Crippen MR) is 67.9 cm³/mol. The normalized spacial score (nSPS) is 19.5. The summed E-state index contributed by atoms with van der Waals surface area (Å²) in [6.45, 7) is 6.56. The Morgan fingerprint density at radius 2 is 2.00 bits per heavy atom. The molecule has 1 fully saturated rings. The number of hydrogen-bond acceptors (Lipinski definition) is 4. The molecule has 0 aromatic rings. The fourth-order valence-electron chi connectivity index (χ4n) is 2.30. The highest BCUT2D eigenvalue weighted by Crippen LogP contribution is 2.14. The van der Waals surface area contributed by atoms with E-state index in [1.54, 1.807) is 7.11 Å². The number of methoxy groups -OCH3 is 1. The molecule has 96 valence electrons. The van der Waals surface area contributed by atoms with E-state index in [1.807, 2.05) is 7.05 Å². The Kier molecular flexibility index (Phi) is 6.96. The van der Waals surface area contributed by atoms with Crippen molar-refractivity contribution in [2.45, 2.75) is 18.9 Å². The van der Waals surface area contributed by atoms with Gasteiger partial charge in [0.25, 0.3) is 0 Å². The first kappa shape index (κ1) is 13.9. The molecule has 1 saturated heterocycles. The summed E-state index contributed by atoms with van der Waals surface area (Å²) < 4.78 is 5.19. The van der Waals surface area contributed by atoms with Crippen molar-refractivity contribution in [3.8, 4) is 0 Å². The van der Waals surface area contributed by atoms with Gasteiger partial charge in [-0.2, -0.15) is 0 Å². The largest absolute Gasteiger partial charge is 0.383 e. The highest BCUT2D eigenvalue weighted by molar-refractivity contribution is 4.78. The molecule has 1 heterocycles. The molecule has 0 spiro atoms. The number of likely N-dealkylation sites (tertiary alicyclic amines) is 1. The standard InChI is InChI=1S/C12H27N3O/c1-13-6-9-15(10-11-16-3)12-4-7-14(2)8-5-12/h12-13H,4-11H2,1-3H3. The average Bonchev–Trinajstić information content (AvgIpc) is 2.31. The minimum absolute atomic E-state index is 0.750. The third-order valence-electron chi connectivity index (χ3n) is 3.44. The van der Waals surface area contributed by atoms with Gasteiger partial charge in [0.1, 0.15) is 0 Å². The zero-order chi connectivity index (χ0) is 11.8. The highest BCUT2D eigenvalue weighted by Gasteiger charge is 2.22. The second-order valence-electron chi connectivity index (χ2n) is 4.67. The van der Waals surface area contributed by atoms with Gasteiger partial charge in [-0.1, -0.05) is 0 Å². The Hall–Kier alpha value is -0.160. The number of likely N-dealkylation sites (N-methyl/N-ethyl adjacent to an activating group) is 1. The SMILES string of the molecule is CNCCN(CCOC)C1CCN(C)CC1. The molecule has 1 N–H and O–H groups in total. The fourth-order valence-corrected chi connectivity index (χ4v) is 2.30. The van der Waals surface area contributed by atoms with Crippen LogP contribution in [0, 0.1) is 0 Å². The Morgan fingerprint density at radius 1 is 1.31 bits per heavy atom. The lowest BCUT2D eigenvalue weighted by atomic mass is 10.0. The van der Waals surface area contributed by atoms with Crippen LogP contribution in [0.5, 0.6) is 0 Å². The van der Waals surface area contributed by atoms with E-state index in [4.69, 9.17) is 4.74 Å². The maximum absolute atomic E-state index is 5.19. The van der Waals surface area contributed by atoms with Gasteiger partial charge in [-0.15, -0.1) is 0 Å². The quantitative estimate of drug-likeness (QED) is 0.677. The van der Waals surface area contributed by atoms with Crippen LogP contribution in [0.25, 0.3) is 0 Å². The first-order valence-corrected chi connectivity index (χ1v) is 6.34. The second-order valence-corrected chi connectivity index (χ2v) is 4.67. The number of piperidine rings is 1. The number of nitrogens with zero attached hydrogens (tertiary/aromatic N) is 2. The summed E-state index contributed by atoms with van der Waals surface area (Å²) in [5.74, 6) is 0. The molecule has 4 heteroatoms. The second kappa shape index (κ2) is 8.01. The summed E-state index contributed by atoms with van der Waals surface area (Å²) in [5, 5.41) is 3.23. The Balaban J connectivity index is 2.34. The van der Waals surface area contributed by atoms with E-state index in [1.165, 1.54) is 25.9 Å². The van der Waals surface area contributed by atoms with E-state index >= 15 is 0 Å². The van der Waals surface area contributed by atoms with Crippen LogP contribution in [-0.4, -0.2) is 76.4 Å². The lowest BCUT2D eigenvalue weighted by Gasteiger charge is -2.37. The molecular weight excluding hydrogens is 202 g/mol. The molecule has 0 bridgehead atoms. The molecule has 1 rings (SSSR count). The molecule has 0 amide bonds. The molecule has 0 aliphatic carbocycles. The molecule has 0 atom stereocenters. The number of ether oxygens (including phenoxy) is 1.